The zero-order valence-corrected chi connectivity index (χ0v) is 12.7. The van der Waals surface area contributed by atoms with Crippen LogP contribution < -0.4 is 14.9 Å². The molecule has 1 rings (SSSR count). The third-order valence-electron chi connectivity index (χ3n) is 2.91. The van der Waals surface area contributed by atoms with Gasteiger partial charge in [0.15, 0.2) is 11.5 Å². The van der Waals surface area contributed by atoms with Crippen LogP contribution in [0.25, 0.3) is 0 Å². The molecule has 0 atom stereocenters. The molecule has 1 aromatic carbocycles. The molecule has 0 aliphatic carbocycles. The fourth-order valence-electron chi connectivity index (χ4n) is 1.76. The summed E-state index contributed by atoms with van der Waals surface area (Å²) in [6.07, 6.45) is 4.90. The summed E-state index contributed by atoms with van der Waals surface area (Å²) in [5.74, 6) is 0.383. The minimum Gasteiger partial charge on any atom is -0.502 e. The highest BCUT2D eigenvalue weighted by molar-refractivity contribution is 5.84. The number of unbranched alkanes of at least 4 members (excludes halogenated alkanes) is 2. The van der Waals surface area contributed by atoms with Gasteiger partial charge < -0.3 is 14.6 Å². The second-order valence-corrected chi connectivity index (χ2v) is 4.52. The van der Waals surface area contributed by atoms with Crippen LogP contribution in [0.4, 0.5) is 0 Å². The van der Waals surface area contributed by atoms with E-state index >= 15 is 0 Å². The van der Waals surface area contributed by atoms with Crippen molar-refractivity contribution in [3.05, 3.63) is 17.7 Å². The molecule has 0 aliphatic heterocycles. The van der Waals surface area contributed by atoms with Crippen LogP contribution in [0.1, 0.15) is 38.2 Å². The molecule has 2 N–H and O–H groups in total. The molecule has 0 aliphatic rings. The number of phenolic OH excluding ortho intramolecular Hbond substituents is 1. The topological polar surface area (TPSA) is 80.2 Å². The van der Waals surface area contributed by atoms with Crippen LogP contribution in [0.2, 0.25) is 0 Å². The molecule has 0 radical (unpaired) electrons. The van der Waals surface area contributed by atoms with E-state index in [1.54, 1.807) is 12.1 Å². The van der Waals surface area contributed by atoms with Gasteiger partial charge in [0.1, 0.15) is 0 Å². The van der Waals surface area contributed by atoms with E-state index in [1.807, 2.05) is 0 Å². The number of benzene rings is 1. The minimum atomic E-state index is -0.114. The molecule has 116 valence electrons. The highest BCUT2D eigenvalue weighted by Gasteiger charge is 2.10. The smallest absolute Gasteiger partial charge is 0.240 e. The maximum atomic E-state index is 11.5. The number of hydrogen-bond donors (Lipinski definition) is 2. The first-order chi connectivity index (χ1) is 10.1. The average molecular weight is 294 g/mol. The number of phenols is 1. The summed E-state index contributed by atoms with van der Waals surface area (Å²) in [6.45, 7) is 2.08. The van der Waals surface area contributed by atoms with Crippen LogP contribution in [0.15, 0.2) is 17.2 Å². The van der Waals surface area contributed by atoms with Gasteiger partial charge in [-0.1, -0.05) is 19.8 Å². The first-order valence-electron chi connectivity index (χ1n) is 6.89. The number of hydrazone groups is 1. The van der Waals surface area contributed by atoms with E-state index in [-0.39, 0.29) is 23.2 Å². The van der Waals surface area contributed by atoms with E-state index in [1.165, 1.54) is 20.4 Å². The van der Waals surface area contributed by atoms with Gasteiger partial charge in [-0.15, -0.1) is 0 Å². The summed E-state index contributed by atoms with van der Waals surface area (Å²) in [5.41, 5.74) is 3.11. The average Bonchev–Trinajstić information content (AvgIpc) is 2.48. The van der Waals surface area contributed by atoms with Gasteiger partial charge in [-0.2, -0.15) is 5.10 Å². The molecular weight excluding hydrogens is 272 g/mol. The first kappa shape index (κ1) is 16.8. The highest BCUT2D eigenvalue weighted by Crippen LogP contribution is 2.36. The van der Waals surface area contributed by atoms with E-state index in [9.17, 15) is 9.90 Å². The number of hydrogen-bond acceptors (Lipinski definition) is 5. The third-order valence-corrected chi connectivity index (χ3v) is 2.91. The lowest BCUT2D eigenvalue weighted by molar-refractivity contribution is -0.121. The number of amides is 1. The molecule has 6 heteroatoms. The van der Waals surface area contributed by atoms with Gasteiger partial charge >= 0.3 is 0 Å². The Labute approximate surface area is 124 Å². The van der Waals surface area contributed by atoms with Crippen LogP contribution in [0.3, 0.4) is 0 Å². The Kier molecular flexibility index (Phi) is 7.08. The van der Waals surface area contributed by atoms with E-state index in [0.717, 1.165) is 19.3 Å². The van der Waals surface area contributed by atoms with Crippen molar-refractivity contribution < 1.29 is 19.4 Å². The molecule has 0 heterocycles. The lowest BCUT2D eigenvalue weighted by Crippen LogP contribution is -2.16. The SMILES string of the molecule is CCCCCC(=O)N/N=C/c1cc(OC)c(O)c(OC)c1. The predicted octanol–water partition coefficient (Wildman–Crippen LogP) is 2.44. The zero-order chi connectivity index (χ0) is 15.7. The Morgan fingerprint density at radius 1 is 1.29 bits per heavy atom. The largest absolute Gasteiger partial charge is 0.502 e. The molecule has 0 spiro atoms. The molecule has 0 aromatic heterocycles. The normalized spacial score (nSPS) is 10.6. The van der Waals surface area contributed by atoms with E-state index in [2.05, 4.69) is 17.5 Å². The Hall–Kier alpha value is -2.24. The molecular formula is C15H22N2O4. The Balaban J connectivity index is 2.65. The monoisotopic (exact) mass is 294 g/mol. The van der Waals surface area contributed by atoms with Gasteiger partial charge in [0.25, 0.3) is 0 Å². The molecule has 0 saturated carbocycles. The van der Waals surface area contributed by atoms with Gasteiger partial charge in [0, 0.05) is 12.0 Å². The Morgan fingerprint density at radius 2 is 1.90 bits per heavy atom. The van der Waals surface area contributed by atoms with E-state index in [4.69, 9.17) is 9.47 Å². The number of carbonyl (C=O) groups is 1. The Morgan fingerprint density at radius 3 is 2.43 bits per heavy atom. The van der Waals surface area contributed by atoms with Crippen molar-refractivity contribution in [2.24, 2.45) is 5.10 Å². The molecule has 6 nitrogen and oxygen atoms in total. The first-order valence-corrected chi connectivity index (χ1v) is 6.89. The molecule has 0 fully saturated rings. The van der Waals surface area contributed by atoms with Gasteiger partial charge in [0.2, 0.25) is 11.7 Å². The maximum Gasteiger partial charge on any atom is 0.240 e. The molecule has 0 unspecified atom stereocenters. The number of nitrogens with one attached hydrogen (secondary N) is 1. The fourth-order valence-corrected chi connectivity index (χ4v) is 1.76. The van der Waals surface area contributed by atoms with E-state index < -0.39 is 0 Å². The standard InChI is InChI=1S/C15H22N2O4/c1-4-5-6-7-14(18)17-16-10-11-8-12(20-2)15(19)13(9-11)21-3/h8-10,19H,4-7H2,1-3H3,(H,17,18)/b16-10+. The van der Waals surface area contributed by atoms with Crippen molar-refractivity contribution in [3.63, 3.8) is 0 Å². The second kappa shape index (κ2) is 8.84. The predicted molar refractivity (Wildman–Crippen MR) is 81.1 cm³/mol. The molecule has 1 amide bonds. The summed E-state index contributed by atoms with van der Waals surface area (Å²) >= 11 is 0. The summed E-state index contributed by atoms with van der Waals surface area (Å²) in [6, 6.07) is 3.20. The lowest BCUT2D eigenvalue weighted by Gasteiger charge is -2.09. The number of rotatable bonds is 8. The van der Waals surface area contributed by atoms with Crippen LogP contribution in [0.5, 0.6) is 17.2 Å². The van der Waals surface area contributed by atoms with Crippen LogP contribution >= 0.6 is 0 Å². The number of nitrogens with zero attached hydrogens (tertiary/aromatic N) is 1. The number of methoxy groups -OCH3 is 2. The van der Waals surface area contributed by atoms with E-state index in [0.29, 0.717) is 12.0 Å². The van der Waals surface area contributed by atoms with Crippen molar-refractivity contribution in [2.45, 2.75) is 32.6 Å². The van der Waals surface area contributed by atoms with Gasteiger partial charge in [-0.25, -0.2) is 5.43 Å². The highest BCUT2D eigenvalue weighted by atomic mass is 16.5. The molecule has 21 heavy (non-hydrogen) atoms. The van der Waals surface area contributed by atoms with Gasteiger partial charge in [0.05, 0.1) is 20.4 Å². The summed E-state index contributed by atoms with van der Waals surface area (Å²) in [7, 11) is 2.90. The number of ether oxygens (including phenoxy) is 2. The van der Waals surface area contributed by atoms with Gasteiger partial charge in [-0.3, -0.25) is 4.79 Å². The number of aromatic hydroxyl groups is 1. The van der Waals surface area contributed by atoms with Crippen LogP contribution in [-0.2, 0) is 4.79 Å². The fraction of sp³-hybridized carbons (Fsp3) is 0.467. The zero-order valence-electron chi connectivity index (χ0n) is 12.7. The molecule has 0 saturated heterocycles. The lowest BCUT2D eigenvalue weighted by atomic mass is 10.2. The second-order valence-electron chi connectivity index (χ2n) is 4.52. The third kappa shape index (κ3) is 5.33. The summed E-state index contributed by atoms with van der Waals surface area (Å²) in [5, 5.41) is 13.7. The van der Waals surface area contributed by atoms with Crippen molar-refractivity contribution in [1.29, 1.82) is 0 Å². The quantitative estimate of drug-likeness (QED) is 0.438. The Bertz CT molecular complexity index is 475. The maximum absolute atomic E-state index is 11.5. The van der Waals surface area contributed by atoms with Crippen molar-refractivity contribution >= 4 is 12.1 Å². The van der Waals surface area contributed by atoms with Crippen molar-refractivity contribution in [1.82, 2.24) is 5.43 Å². The van der Waals surface area contributed by atoms with Crippen LogP contribution in [0, 0.1) is 0 Å². The number of carbonyl (C=O) groups excluding carboxylic acids is 1. The van der Waals surface area contributed by atoms with Crippen molar-refractivity contribution in [3.8, 4) is 17.2 Å². The molecule has 0 bridgehead atoms. The molecule has 1 aromatic rings. The minimum absolute atomic E-state index is 0.0687. The summed E-state index contributed by atoms with van der Waals surface area (Å²) in [4.78, 5) is 11.5. The van der Waals surface area contributed by atoms with Crippen LogP contribution in [-0.4, -0.2) is 31.4 Å². The van der Waals surface area contributed by atoms with Gasteiger partial charge in [-0.05, 0) is 18.6 Å². The van der Waals surface area contributed by atoms with Crippen molar-refractivity contribution in [2.75, 3.05) is 14.2 Å². The summed E-state index contributed by atoms with van der Waals surface area (Å²) < 4.78 is 10.1.